The van der Waals surface area contributed by atoms with Crippen molar-refractivity contribution in [3.63, 3.8) is 0 Å². The van der Waals surface area contributed by atoms with E-state index in [0.29, 0.717) is 26.1 Å². The SMILES string of the molecule is COCCNCC(=O)NCc1cccc(N2CCCC2=O)c1.Cl. The van der Waals surface area contributed by atoms with Gasteiger partial charge in [-0.1, -0.05) is 12.1 Å². The maximum atomic E-state index is 11.8. The lowest BCUT2D eigenvalue weighted by Crippen LogP contribution is -2.34. The summed E-state index contributed by atoms with van der Waals surface area (Å²) < 4.78 is 4.90. The van der Waals surface area contributed by atoms with Crippen LogP contribution in [0.2, 0.25) is 0 Å². The average Bonchev–Trinajstić information content (AvgIpc) is 2.96. The quantitative estimate of drug-likeness (QED) is 0.694. The van der Waals surface area contributed by atoms with Gasteiger partial charge in [0.05, 0.1) is 13.2 Å². The Hall–Kier alpha value is -1.63. The molecule has 6 nitrogen and oxygen atoms in total. The summed E-state index contributed by atoms with van der Waals surface area (Å²) in [7, 11) is 1.62. The molecule has 0 aromatic heterocycles. The molecule has 1 aliphatic rings. The maximum Gasteiger partial charge on any atom is 0.234 e. The van der Waals surface area contributed by atoms with Crippen molar-refractivity contribution in [2.24, 2.45) is 0 Å². The van der Waals surface area contributed by atoms with E-state index in [4.69, 9.17) is 4.74 Å². The number of amides is 2. The lowest BCUT2D eigenvalue weighted by molar-refractivity contribution is -0.120. The van der Waals surface area contributed by atoms with Gasteiger partial charge in [-0.05, 0) is 24.1 Å². The molecule has 1 aromatic carbocycles. The van der Waals surface area contributed by atoms with Crippen molar-refractivity contribution in [2.75, 3.05) is 38.3 Å². The number of benzene rings is 1. The van der Waals surface area contributed by atoms with E-state index in [1.54, 1.807) is 12.0 Å². The Morgan fingerprint density at radius 1 is 1.39 bits per heavy atom. The van der Waals surface area contributed by atoms with Crippen LogP contribution in [0.1, 0.15) is 18.4 Å². The van der Waals surface area contributed by atoms with Crippen molar-refractivity contribution in [1.82, 2.24) is 10.6 Å². The molecule has 7 heteroatoms. The van der Waals surface area contributed by atoms with Crippen LogP contribution in [0.5, 0.6) is 0 Å². The summed E-state index contributed by atoms with van der Waals surface area (Å²) in [6, 6.07) is 7.75. The highest BCUT2D eigenvalue weighted by Gasteiger charge is 2.21. The third kappa shape index (κ3) is 6.17. The fourth-order valence-electron chi connectivity index (χ4n) is 2.39. The van der Waals surface area contributed by atoms with Crippen molar-refractivity contribution in [2.45, 2.75) is 19.4 Å². The summed E-state index contributed by atoms with van der Waals surface area (Å²) in [6.07, 6.45) is 1.53. The zero-order chi connectivity index (χ0) is 15.8. The summed E-state index contributed by atoms with van der Waals surface area (Å²) in [5.74, 6) is 0.113. The summed E-state index contributed by atoms with van der Waals surface area (Å²) >= 11 is 0. The minimum atomic E-state index is -0.0567. The van der Waals surface area contributed by atoms with Gasteiger partial charge in [0.25, 0.3) is 0 Å². The highest BCUT2D eigenvalue weighted by atomic mass is 35.5. The molecule has 2 N–H and O–H groups in total. The van der Waals surface area contributed by atoms with Crippen molar-refractivity contribution in [3.05, 3.63) is 29.8 Å². The van der Waals surface area contributed by atoms with Crippen LogP contribution in [-0.4, -0.2) is 45.2 Å². The highest BCUT2D eigenvalue weighted by molar-refractivity contribution is 5.95. The Kier molecular flexibility index (Phi) is 8.61. The zero-order valence-electron chi connectivity index (χ0n) is 13.3. The number of anilines is 1. The number of hydrogen-bond donors (Lipinski definition) is 2. The number of nitrogens with zero attached hydrogens (tertiary/aromatic N) is 1. The number of ether oxygens (including phenoxy) is 1. The molecule has 0 atom stereocenters. The lowest BCUT2D eigenvalue weighted by atomic mass is 10.2. The second-order valence-corrected chi connectivity index (χ2v) is 5.27. The van der Waals surface area contributed by atoms with Crippen molar-refractivity contribution in [1.29, 1.82) is 0 Å². The van der Waals surface area contributed by atoms with E-state index < -0.39 is 0 Å². The van der Waals surface area contributed by atoms with Gasteiger partial charge in [0.2, 0.25) is 11.8 Å². The second kappa shape index (κ2) is 10.2. The second-order valence-electron chi connectivity index (χ2n) is 5.27. The van der Waals surface area contributed by atoms with Crippen molar-refractivity contribution < 1.29 is 14.3 Å². The van der Waals surface area contributed by atoms with Crippen LogP contribution >= 0.6 is 12.4 Å². The summed E-state index contributed by atoms with van der Waals surface area (Å²) in [5, 5.41) is 5.85. The fourth-order valence-corrected chi connectivity index (χ4v) is 2.39. The molecule has 1 saturated heterocycles. The summed E-state index contributed by atoms with van der Waals surface area (Å²) in [4.78, 5) is 25.3. The highest BCUT2D eigenvalue weighted by Crippen LogP contribution is 2.22. The number of carbonyl (C=O) groups excluding carboxylic acids is 2. The number of hydrogen-bond acceptors (Lipinski definition) is 4. The number of nitrogens with one attached hydrogen (secondary N) is 2. The summed E-state index contributed by atoms with van der Waals surface area (Å²) in [5.41, 5.74) is 1.90. The minimum absolute atomic E-state index is 0. The van der Waals surface area contributed by atoms with Crippen LogP contribution in [0.25, 0.3) is 0 Å². The largest absolute Gasteiger partial charge is 0.383 e. The van der Waals surface area contributed by atoms with Crippen LogP contribution in [0.15, 0.2) is 24.3 Å². The average molecular weight is 342 g/mol. The molecule has 0 unspecified atom stereocenters. The first-order valence-corrected chi connectivity index (χ1v) is 7.56. The molecule has 2 amide bonds. The smallest absolute Gasteiger partial charge is 0.234 e. The van der Waals surface area contributed by atoms with Gasteiger partial charge < -0.3 is 20.3 Å². The molecule has 1 aliphatic heterocycles. The molecular weight excluding hydrogens is 318 g/mol. The minimum Gasteiger partial charge on any atom is -0.383 e. The van der Waals surface area contributed by atoms with Gasteiger partial charge in [-0.25, -0.2) is 0 Å². The molecule has 0 saturated carbocycles. The standard InChI is InChI=1S/C16H23N3O3.ClH/c1-22-9-7-17-12-15(20)18-11-13-4-2-5-14(10-13)19-8-3-6-16(19)21;/h2,4-5,10,17H,3,6-9,11-12H2,1H3,(H,18,20);1H. The van der Waals surface area contributed by atoms with E-state index in [9.17, 15) is 9.59 Å². The Balaban J connectivity index is 0.00000264. The molecule has 128 valence electrons. The van der Waals surface area contributed by atoms with Crippen LogP contribution in [0.3, 0.4) is 0 Å². The molecule has 1 aromatic rings. The molecule has 1 heterocycles. The van der Waals surface area contributed by atoms with Gasteiger partial charge in [0, 0.05) is 38.9 Å². The molecule has 23 heavy (non-hydrogen) atoms. The molecule has 0 radical (unpaired) electrons. The van der Waals surface area contributed by atoms with Gasteiger partial charge >= 0.3 is 0 Å². The van der Waals surface area contributed by atoms with E-state index in [1.165, 1.54) is 0 Å². The molecule has 1 fully saturated rings. The normalized spacial score (nSPS) is 13.8. The van der Waals surface area contributed by atoms with E-state index in [2.05, 4.69) is 10.6 Å². The predicted octanol–water partition coefficient (Wildman–Crippen LogP) is 1.09. The van der Waals surface area contributed by atoms with Crippen LogP contribution in [0.4, 0.5) is 5.69 Å². The third-order valence-electron chi connectivity index (χ3n) is 3.55. The first-order valence-electron chi connectivity index (χ1n) is 7.56. The van der Waals surface area contributed by atoms with Gasteiger partial charge in [0.15, 0.2) is 0 Å². The van der Waals surface area contributed by atoms with E-state index in [1.807, 2.05) is 24.3 Å². The monoisotopic (exact) mass is 341 g/mol. The molecule has 0 bridgehead atoms. The van der Waals surface area contributed by atoms with Gasteiger partial charge in [-0.3, -0.25) is 9.59 Å². The van der Waals surface area contributed by atoms with Crippen molar-refractivity contribution in [3.8, 4) is 0 Å². The molecule has 2 rings (SSSR count). The number of methoxy groups -OCH3 is 1. The molecule has 0 aliphatic carbocycles. The predicted molar refractivity (Wildman–Crippen MR) is 91.9 cm³/mol. The fraction of sp³-hybridized carbons (Fsp3) is 0.500. The van der Waals surface area contributed by atoms with Gasteiger partial charge in [-0.15, -0.1) is 12.4 Å². The van der Waals surface area contributed by atoms with Crippen LogP contribution < -0.4 is 15.5 Å². The number of carbonyl (C=O) groups is 2. The lowest BCUT2D eigenvalue weighted by Gasteiger charge is -2.16. The Labute approximate surface area is 143 Å². The number of rotatable bonds is 8. The molecule has 0 spiro atoms. The van der Waals surface area contributed by atoms with Gasteiger partial charge in [0.1, 0.15) is 0 Å². The Morgan fingerprint density at radius 3 is 2.91 bits per heavy atom. The van der Waals surface area contributed by atoms with Crippen molar-refractivity contribution >= 4 is 29.9 Å². The van der Waals surface area contributed by atoms with Crippen LogP contribution in [-0.2, 0) is 20.9 Å². The summed E-state index contributed by atoms with van der Waals surface area (Å²) in [6.45, 7) is 2.74. The van der Waals surface area contributed by atoms with Gasteiger partial charge in [-0.2, -0.15) is 0 Å². The van der Waals surface area contributed by atoms with E-state index in [-0.39, 0.29) is 30.8 Å². The first kappa shape index (κ1) is 19.4. The molecular formula is C16H24ClN3O3. The maximum absolute atomic E-state index is 11.8. The third-order valence-corrected chi connectivity index (χ3v) is 3.55. The topological polar surface area (TPSA) is 70.7 Å². The first-order chi connectivity index (χ1) is 10.7. The van der Waals surface area contributed by atoms with E-state index >= 15 is 0 Å². The van der Waals surface area contributed by atoms with E-state index in [0.717, 1.165) is 24.2 Å². The van der Waals surface area contributed by atoms with Crippen LogP contribution in [0, 0.1) is 0 Å². The zero-order valence-corrected chi connectivity index (χ0v) is 14.2. The number of halogens is 1. The Bertz CT molecular complexity index is 525. The Morgan fingerprint density at radius 2 is 2.22 bits per heavy atom.